The van der Waals surface area contributed by atoms with E-state index in [-0.39, 0.29) is 19.8 Å². The molecule has 3 aromatic carbocycles. The molecule has 3 rings (SSSR count). The van der Waals surface area contributed by atoms with E-state index in [2.05, 4.69) is 16.0 Å². The Balaban J connectivity index is 1.53. The second-order valence-corrected chi connectivity index (χ2v) is 7.75. The summed E-state index contributed by atoms with van der Waals surface area (Å²) in [6, 6.07) is 23.3. The summed E-state index contributed by atoms with van der Waals surface area (Å²) in [4.78, 5) is 48.8. The zero-order valence-electron chi connectivity index (χ0n) is 20.1. The van der Waals surface area contributed by atoms with Gasteiger partial charge in [0.15, 0.2) is 6.04 Å². The van der Waals surface area contributed by atoms with Crippen molar-refractivity contribution in [2.45, 2.75) is 19.3 Å². The van der Waals surface area contributed by atoms with E-state index >= 15 is 0 Å². The molecule has 3 amide bonds. The first-order valence-corrected chi connectivity index (χ1v) is 11.3. The largest absolute Gasteiger partial charge is 0.467 e. The molecule has 0 aliphatic carbocycles. The van der Waals surface area contributed by atoms with Crippen molar-refractivity contribution in [3.8, 4) is 0 Å². The van der Waals surface area contributed by atoms with E-state index in [1.54, 1.807) is 30.3 Å². The van der Waals surface area contributed by atoms with Crippen LogP contribution in [0.15, 0.2) is 84.9 Å². The molecule has 192 valence electrons. The smallest absolute Gasteiger partial charge is 0.408 e. The third-order valence-corrected chi connectivity index (χ3v) is 5.02. The molecule has 0 aromatic heterocycles. The number of esters is 1. The van der Waals surface area contributed by atoms with E-state index in [0.29, 0.717) is 11.3 Å². The van der Waals surface area contributed by atoms with Gasteiger partial charge in [0.1, 0.15) is 19.8 Å². The molecular weight excluding hydrogens is 478 g/mol. The summed E-state index contributed by atoms with van der Waals surface area (Å²) in [6.07, 6.45) is -1.55. The number of hydrogen-bond acceptors (Lipinski definition) is 7. The van der Waals surface area contributed by atoms with E-state index in [9.17, 15) is 19.2 Å². The zero-order chi connectivity index (χ0) is 26.5. The van der Waals surface area contributed by atoms with Gasteiger partial charge in [0.25, 0.3) is 0 Å². The van der Waals surface area contributed by atoms with Crippen molar-refractivity contribution in [3.05, 3.63) is 102 Å². The van der Waals surface area contributed by atoms with Crippen molar-refractivity contribution in [2.24, 2.45) is 0 Å². The number of methoxy groups -OCH3 is 1. The van der Waals surface area contributed by atoms with Gasteiger partial charge in [0, 0.05) is 5.69 Å². The summed E-state index contributed by atoms with van der Waals surface area (Å²) in [5, 5.41) is 7.47. The Morgan fingerprint density at radius 1 is 0.757 bits per heavy atom. The Kier molecular flexibility index (Phi) is 10.0. The van der Waals surface area contributed by atoms with Crippen molar-refractivity contribution in [2.75, 3.05) is 19.0 Å². The Morgan fingerprint density at radius 2 is 1.35 bits per heavy atom. The lowest BCUT2D eigenvalue weighted by Gasteiger charge is -2.18. The summed E-state index contributed by atoms with van der Waals surface area (Å²) in [5.74, 6) is -1.23. The number of ether oxygens (including phenoxy) is 3. The van der Waals surface area contributed by atoms with Crippen LogP contribution in [0.1, 0.15) is 22.7 Å². The quantitative estimate of drug-likeness (QED) is 0.283. The Labute approximate surface area is 213 Å². The highest BCUT2D eigenvalue weighted by Gasteiger charge is 2.25. The summed E-state index contributed by atoms with van der Waals surface area (Å²) in [7, 11) is 1.19. The van der Waals surface area contributed by atoms with Crippen molar-refractivity contribution in [1.82, 2.24) is 10.6 Å². The van der Waals surface area contributed by atoms with Crippen LogP contribution >= 0.6 is 0 Å². The van der Waals surface area contributed by atoms with Gasteiger partial charge in [-0.05, 0) is 28.8 Å². The molecule has 10 nitrogen and oxygen atoms in total. The highest BCUT2D eigenvalue weighted by Crippen LogP contribution is 2.19. The maximum Gasteiger partial charge on any atom is 0.408 e. The fraction of sp³-hybridized carbons (Fsp3) is 0.185. The summed E-state index contributed by atoms with van der Waals surface area (Å²) in [5.41, 5.74) is 2.30. The average molecular weight is 506 g/mol. The monoisotopic (exact) mass is 505 g/mol. The van der Waals surface area contributed by atoms with Gasteiger partial charge < -0.3 is 30.2 Å². The second-order valence-electron chi connectivity index (χ2n) is 7.75. The molecule has 0 heterocycles. The number of hydrogen-bond donors (Lipinski definition) is 3. The molecule has 0 saturated carbocycles. The van der Waals surface area contributed by atoms with Gasteiger partial charge in [-0.25, -0.2) is 14.4 Å². The highest BCUT2D eigenvalue weighted by molar-refractivity contribution is 5.94. The van der Waals surface area contributed by atoms with Gasteiger partial charge in [0.2, 0.25) is 5.91 Å². The van der Waals surface area contributed by atoms with Crippen molar-refractivity contribution >= 4 is 29.8 Å². The maximum absolute atomic E-state index is 12.4. The lowest BCUT2D eigenvalue weighted by Crippen LogP contribution is -2.35. The summed E-state index contributed by atoms with van der Waals surface area (Å²) >= 11 is 0. The molecular formula is C27H27N3O7. The summed E-state index contributed by atoms with van der Waals surface area (Å²) in [6.45, 7) is -0.230. The van der Waals surface area contributed by atoms with Gasteiger partial charge in [0.05, 0.1) is 7.11 Å². The number of benzene rings is 3. The average Bonchev–Trinajstić information content (AvgIpc) is 2.93. The minimum Gasteiger partial charge on any atom is -0.467 e. The standard InChI is InChI=1S/C27H27N3O7/c1-35-25(32)24(30-27(34)37-18-20-11-6-3-7-12-20)21-13-8-14-22(15-21)29-23(31)16-28-26(33)36-17-19-9-4-2-5-10-19/h2-15,24H,16-18H2,1H3,(H,28,33)(H,29,31)(H,30,34)/t24-/m1/s1. The number of carbonyl (C=O) groups excluding carboxylic acids is 4. The van der Waals surface area contributed by atoms with E-state index in [1.165, 1.54) is 13.2 Å². The molecule has 0 aliphatic heterocycles. The van der Waals surface area contributed by atoms with Crippen LogP contribution in [0.3, 0.4) is 0 Å². The molecule has 0 unspecified atom stereocenters. The van der Waals surface area contributed by atoms with E-state index < -0.39 is 30.1 Å². The number of amides is 3. The first-order valence-electron chi connectivity index (χ1n) is 11.3. The Morgan fingerprint density at radius 3 is 1.95 bits per heavy atom. The van der Waals surface area contributed by atoms with E-state index in [0.717, 1.165) is 11.1 Å². The molecule has 37 heavy (non-hydrogen) atoms. The number of rotatable bonds is 10. The van der Waals surface area contributed by atoms with Crippen LogP contribution in [0.25, 0.3) is 0 Å². The van der Waals surface area contributed by atoms with E-state index in [1.807, 2.05) is 48.5 Å². The van der Waals surface area contributed by atoms with Crippen LogP contribution in [0.5, 0.6) is 0 Å². The van der Waals surface area contributed by atoms with Gasteiger partial charge in [-0.3, -0.25) is 4.79 Å². The molecule has 0 spiro atoms. The van der Waals surface area contributed by atoms with Crippen LogP contribution in [0.2, 0.25) is 0 Å². The normalized spacial score (nSPS) is 10.9. The van der Waals surface area contributed by atoms with Crippen LogP contribution in [-0.4, -0.2) is 37.7 Å². The van der Waals surface area contributed by atoms with Gasteiger partial charge in [-0.2, -0.15) is 0 Å². The van der Waals surface area contributed by atoms with Crippen LogP contribution in [0.4, 0.5) is 15.3 Å². The van der Waals surface area contributed by atoms with Crippen LogP contribution in [0, 0.1) is 0 Å². The van der Waals surface area contributed by atoms with Crippen LogP contribution in [-0.2, 0) is 37.0 Å². The molecule has 0 aliphatic rings. The molecule has 0 saturated heterocycles. The van der Waals surface area contributed by atoms with Gasteiger partial charge >= 0.3 is 18.2 Å². The van der Waals surface area contributed by atoms with Crippen molar-refractivity contribution in [1.29, 1.82) is 0 Å². The number of nitrogens with one attached hydrogen (secondary N) is 3. The molecule has 0 fully saturated rings. The third-order valence-electron chi connectivity index (χ3n) is 5.02. The molecule has 0 radical (unpaired) electrons. The second kappa shape index (κ2) is 13.9. The highest BCUT2D eigenvalue weighted by atomic mass is 16.6. The first kappa shape index (κ1) is 26.7. The predicted octanol–water partition coefficient (Wildman–Crippen LogP) is 3.69. The number of alkyl carbamates (subject to hydrolysis) is 2. The van der Waals surface area contributed by atoms with Crippen LogP contribution < -0.4 is 16.0 Å². The van der Waals surface area contributed by atoms with Gasteiger partial charge in [-0.1, -0.05) is 72.8 Å². The fourth-order valence-corrected chi connectivity index (χ4v) is 3.21. The summed E-state index contributed by atoms with van der Waals surface area (Å²) < 4.78 is 15.1. The maximum atomic E-state index is 12.4. The van der Waals surface area contributed by atoms with Crippen molar-refractivity contribution in [3.63, 3.8) is 0 Å². The Bertz CT molecular complexity index is 1200. The SMILES string of the molecule is COC(=O)[C@H](NC(=O)OCc1ccccc1)c1cccc(NC(=O)CNC(=O)OCc2ccccc2)c1. The molecule has 10 heteroatoms. The van der Waals surface area contributed by atoms with Crippen molar-refractivity contribution < 1.29 is 33.4 Å². The zero-order valence-corrected chi connectivity index (χ0v) is 20.1. The third kappa shape index (κ3) is 9.02. The molecule has 1 atom stereocenters. The fourth-order valence-electron chi connectivity index (χ4n) is 3.21. The lowest BCUT2D eigenvalue weighted by molar-refractivity contribution is -0.143. The molecule has 3 N–H and O–H groups in total. The van der Waals surface area contributed by atoms with E-state index in [4.69, 9.17) is 14.2 Å². The Hall–Kier alpha value is -4.86. The topological polar surface area (TPSA) is 132 Å². The number of anilines is 1. The predicted molar refractivity (Wildman–Crippen MR) is 134 cm³/mol. The number of carbonyl (C=O) groups is 4. The minimum absolute atomic E-state index is 0.0252. The first-order chi connectivity index (χ1) is 17.9. The lowest BCUT2D eigenvalue weighted by atomic mass is 10.1. The molecule has 0 bridgehead atoms. The minimum atomic E-state index is -1.17. The molecule has 3 aromatic rings. The van der Waals surface area contributed by atoms with Gasteiger partial charge in [-0.15, -0.1) is 0 Å².